The number of amides is 1. The van der Waals surface area contributed by atoms with Crippen molar-refractivity contribution in [3.63, 3.8) is 0 Å². The Morgan fingerprint density at radius 3 is 2.43 bits per heavy atom. The second kappa shape index (κ2) is 9.24. The van der Waals surface area contributed by atoms with Gasteiger partial charge in [-0.3, -0.25) is 0 Å². The van der Waals surface area contributed by atoms with Crippen molar-refractivity contribution in [1.82, 2.24) is 9.80 Å². The Morgan fingerprint density at radius 2 is 1.86 bits per heavy atom. The van der Waals surface area contributed by atoms with Gasteiger partial charge in [-0.05, 0) is 96.8 Å². The molecular weight excluding hydrogens is 439 g/mol. The molecule has 3 saturated heterocycles. The van der Waals surface area contributed by atoms with E-state index in [1.807, 2.05) is 18.2 Å². The summed E-state index contributed by atoms with van der Waals surface area (Å²) in [4.78, 5) is 16.6. The van der Waals surface area contributed by atoms with E-state index in [1.54, 1.807) is 11.0 Å². The van der Waals surface area contributed by atoms with Crippen LogP contribution in [-0.2, 0) is 12.8 Å². The molecule has 5 heteroatoms. The zero-order chi connectivity index (χ0) is 24.9. The first-order valence-electron chi connectivity index (χ1n) is 13.3. The molecule has 0 N–H and O–H groups in total. The first kappa shape index (κ1) is 24.3. The van der Waals surface area contributed by atoms with Gasteiger partial charge in [-0.2, -0.15) is 0 Å². The summed E-state index contributed by atoms with van der Waals surface area (Å²) in [6.45, 7) is 11.5. The van der Waals surface area contributed by atoms with E-state index in [1.165, 1.54) is 5.56 Å². The Balaban J connectivity index is 1.53. The number of carboxylic acid groups (broad SMARTS) is 1. The molecule has 2 aromatic carbocycles. The first-order valence-corrected chi connectivity index (χ1v) is 13.3. The number of rotatable bonds is 5. The number of nitrogens with zero attached hydrogens (tertiary/aromatic N) is 2. The fourth-order valence-electron chi connectivity index (χ4n) is 6.84. The highest BCUT2D eigenvalue weighted by Gasteiger charge is 2.46. The SMILES string of the molecule is CC(C)Cc1ccc(-c2cc3c(cc2F)[C@H](N(C(=O)[O-])[C@@H]2CN4CCC2CC4)C(C)(C)CC3)cc1. The van der Waals surface area contributed by atoms with Crippen LogP contribution < -0.4 is 5.11 Å². The van der Waals surface area contributed by atoms with Gasteiger partial charge >= 0.3 is 0 Å². The smallest absolute Gasteiger partial charge is 0.137 e. The van der Waals surface area contributed by atoms with Crippen molar-refractivity contribution < 1.29 is 14.3 Å². The molecule has 2 atom stereocenters. The molecule has 1 aliphatic carbocycles. The van der Waals surface area contributed by atoms with Gasteiger partial charge in [-0.25, -0.2) is 4.39 Å². The molecule has 4 nitrogen and oxygen atoms in total. The van der Waals surface area contributed by atoms with Crippen molar-refractivity contribution in [3.05, 3.63) is 58.9 Å². The number of fused-ring (bicyclic) bond motifs is 4. The molecule has 1 amide bonds. The number of carbonyl (C=O) groups is 1. The molecule has 35 heavy (non-hydrogen) atoms. The van der Waals surface area contributed by atoms with Gasteiger partial charge in [0.1, 0.15) is 11.9 Å². The van der Waals surface area contributed by atoms with Crippen LogP contribution in [0.5, 0.6) is 0 Å². The van der Waals surface area contributed by atoms with Crippen molar-refractivity contribution in [2.75, 3.05) is 19.6 Å². The molecule has 0 aromatic heterocycles. The fourth-order valence-corrected chi connectivity index (χ4v) is 6.84. The lowest BCUT2D eigenvalue weighted by molar-refractivity contribution is -0.277. The van der Waals surface area contributed by atoms with E-state index < -0.39 is 12.1 Å². The number of halogens is 1. The van der Waals surface area contributed by atoms with E-state index >= 15 is 4.39 Å². The van der Waals surface area contributed by atoms with Crippen molar-refractivity contribution >= 4 is 6.09 Å². The normalized spacial score (nSPS) is 27.0. The monoisotopic (exact) mass is 477 g/mol. The van der Waals surface area contributed by atoms with Crippen molar-refractivity contribution in [1.29, 1.82) is 0 Å². The number of hydrogen-bond acceptors (Lipinski definition) is 3. The van der Waals surface area contributed by atoms with Crippen LogP contribution in [0.2, 0.25) is 0 Å². The number of benzene rings is 2. The van der Waals surface area contributed by atoms with Gasteiger partial charge in [0.15, 0.2) is 0 Å². The zero-order valence-corrected chi connectivity index (χ0v) is 21.5. The van der Waals surface area contributed by atoms with E-state index in [0.29, 0.717) is 17.4 Å². The maximum atomic E-state index is 15.7. The van der Waals surface area contributed by atoms with Gasteiger partial charge in [-0.1, -0.05) is 52.0 Å². The van der Waals surface area contributed by atoms with Crippen LogP contribution in [0.15, 0.2) is 36.4 Å². The molecule has 6 rings (SSSR count). The van der Waals surface area contributed by atoms with Crippen LogP contribution in [0.25, 0.3) is 11.1 Å². The third kappa shape index (κ3) is 4.60. The molecule has 2 aromatic rings. The lowest BCUT2D eigenvalue weighted by atomic mass is 9.68. The molecule has 3 fully saturated rings. The first-order chi connectivity index (χ1) is 16.6. The summed E-state index contributed by atoms with van der Waals surface area (Å²) in [5, 5.41) is 12.7. The maximum Gasteiger partial charge on any atom is 0.137 e. The standard InChI is InChI=1S/C30H39FN2O2/c1-19(2)15-20-5-7-21(8-6-20)24-16-23-9-12-30(3,4)28(25(23)17-26(24)31)33(29(34)35)27-18-32-13-10-22(27)11-14-32/h5-8,16-17,19,22,27-28H,9-15,18H2,1-4H3,(H,34,35)/p-1/t27-,28+/m1/s1. The number of aryl methyl sites for hydroxylation is 1. The average Bonchev–Trinajstić information content (AvgIpc) is 2.81. The Kier molecular flexibility index (Phi) is 6.41. The van der Waals surface area contributed by atoms with Gasteiger partial charge in [0.05, 0.1) is 6.04 Å². The van der Waals surface area contributed by atoms with Gasteiger partial charge in [0.25, 0.3) is 0 Å². The van der Waals surface area contributed by atoms with Gasteiger partial charge in [-0.15, -0.1) is 0 Å². The lowest BCUT2D eigenvalue weighted by Gasteiger charge is -2.56. The molecule has 3 aliphatic heterocycles. The minimum Gasteiger partial charge on any atom is -0.530 e. The van der Waals surface area contributed by atoms with E-state index in [0.717, 1.165) is 68.4 Å². The summed E-state index contributed by atoms with van der Waals surface area (Å²) in [5.74, 6) is 0.646. The molecule has 0 saturated carbocycles. The summed E-state index contributed by atoms with van der Waals surface area (Å²) in [7, 11) is 0. The number of carbonyl (C=O) groups excluding carboxylic acids is 1. The topological polar surface area (TPSA) is 46.6 Å². The van der Waals surface area contributed by atoms with Crippen LogP contribution in [0.1, 0.15) is 69.7 Å². The van der Waals surface area contributed by atoms with E-state index in [9.17, 15) is 9.90 Å². The van der Waals surface area contributed by atoms with Gasteiger partial charge < -0.3 is 19.7 Å². The molecule has 188 valence electrons. The van der Waals surface area contributed by atoms with E-state index in [-0.39, 0.29) is 17.3 Å². The second-order valence-electron chi connectivity index (χ2n) is 12.1. The minimum atomic E-state index is -1.13. The number of piperidine rings is 3. The molecule has 0 unspecified atom stereocenters. The summed E-state index contributed by atoms with van der Waals surface area (Å²) in [6, 6.07) is 11.3. The Hall–Kier alpha value is -2.40. The highest BCUT2D eigenvalue weighted by atomic mass is 19.1. The highest BCUT2D eigenvalue weighted by molar-refractivity contribution is 5.68. The number of hydrogen-bond donors (Lipinski definition) is 0. The Morgan fingerprint density at radius 1 is 1.17 bits per heavy atom. The molecule has 0 radical (unpaired) electrons. The summed E-state index contributed by atoms with van der Waals surface area (Å²) < 4.78 is 15.7. The zero-order valence-electron chi connectivity index (χ0n) is 21.5. The van der Waals surface area contributed by atoms with Crippen LogP contribution in [0.3, 0.4) is 0 Å². The molecule has 4 aliphatic rings. The van der Waals surface area contributed by atoms with Crippen molar-refractivity contribution in [3.8, 4) is 11.1 Å². The highest BCUT2D eigenvalue weighted by Crippen LogP contribution is 2.50. The van der Waals surface area contributed by atoms with E-state index in [4.69, 9.17) is 0 Å². The molecular formula is C30H38FN2O2-. The van der Waals surface area contributed by atoms with Crippen molar-refractivity contribution in [2.24, 2.45) is 17.3 Å². The van der Waals surface area contributed by atoms with Crippen LogP contribution in [0.4, 0.5) is 9.18 Å². The molecule has 2 bridgehead atoms. The Labute approximate surface area is 209 Å². The largest absolute Gasteiger partial charge is 0.530 e. The van der Waals surface area contributed by atoms with E-state index in [2.05, 4.69) is 44.7 Å². The van der Waals surface area contributed by atoms with Gasteiger partial charge in [0, 0.05) is 18.2 Å². The summed E-state index contributed by atoms with van der Waals surface area (Å²) in [5.41, 5.74) is 4.30. The van der Waals surface area contributed by atoms with Gasteiger partial charge in [0.2, 0.25) is 0 Å². The minimum absolute atomic E-state index is 0.0889. The van der Waals surface area contributed by atoms with Crippen molar-refractivity contribution in [2.45, 2.75) is 71.9 Å². The van der Waals surface area contributed by atoms with Crippen LogP contribution in [-0.4, -0.2) is 41.6 Å². The Bertz CT molecular complexity index is 1090. The predicted octanol–water partition coefficient (Wildman–Crippen LogP) is 5.44. The summed E-state index contributed by atoms with van der Waals surface area (Å²) in [6.07, 6.45) is 3.60. The molecule has 0 spiro atoms. The third-order valence-corrected chi connectivity index (χ3v) is 8.68. The van der Waals surface area contributed by atoms with Crippen LogP contribution >= 0.6 is 0 Å². The predicted molar refractivity (Wildman–Crippen MR) is 135 cm³/mol. The fraction of sp³-hybridized carbons (Fsp3) is 0.567. The van der Waals surface area contributed by atoms with Crippen LogP contribution in [0, 0.1) is 23.1 Å². The molecule has 3 heterocycles. The average molecular weight is 478 g/mol. The quantitative estimate of drug-likeness (QED) is 0.576. The third-order valence-electron chi connectivity index (χ3n) is 8.68. The summed E-state index contributed by atoms with van der Waals surface area (Å²) >= 11 is 0. The maximum absolute atomic E-state index is 15.7. The second-order valence-corrected chi connectivity index (χ2v) is 12.1. The lowest BCUT2D eigenvalue weighted by Crippen LogP contribution is -2.63.